The van der Waals surface area contributed by atoms with Crippen molar-refractivity contribution in [3.63, 3.8) is 0 Å². The van der Waals surface area contributed by atoms with Crippen molar-refractivity contribution in [2.45, 2.75) is 31.7 Å². The fourth-order valence-electron chi connectivity index (χ4n) is 4.35. The minimum atomic E-state index is -3.73. The van der Waals surface area contributed by atoms with Crippen LogP contribution in [0.25, 0.3) is 10.9 Å². The van der Waals surface area contributed by atoms with Crippen molar-refractivity contribution < 1.29 is 22.7 Å². The quantitative estimate of drug-likeness (QED) is 0.591. The first-order chi connectivity index (χ1) is 16.2. The van der Waals surface area contributed by atoms with E-state index >= 15 is 0 Å². The number of urea groups is 1. The molecule has 0 saturated carbocycles. The fraction of sp³-hybridized carbons (Fsp3) is 0.435. The SMILES string of the molecule is CCOC(=O)C1=C(CN2CCN(S(=O)(=O)c3cccc4cc(C)cnc34)CC2)NC(=O)NC1C. The smallest absolute Gasteiger partial charge is 0.337 e. The summed E-state index contributed by atoms with van der Waals surface area (Å²) in [5.74, 6) is -0.475. The molecule has 1 aromatic heterocycles. The van der Waals surface area contributed by atoms with Gasteiger partial charge in [0.1, 0.15) is 4.90 Å². The van der Waals surface area contributed by atoms with E-state index in [9.17, 15) is 18.0 Å². The number of sulfonamides is 1. The molecule has 0 bridgehead atoms. The third-order valence-electron chi connectivity index (χ3n) is 6.01. The molecule has 182 valence electrons. The van der Waals surface area contributed by atoms with E-state index in [1.165, 1.54) is 4.31 Å². The molecule has 0 aliphatic carbocycles. The highest BCUT2D eigenvalue weighted by Gasteiger charge is 2.33. The Labute approximate surface area is 199 Å². The first-order valence-corrected chi connectivity index (χ1v) is 12.7. The van der Waals surface area contributed by atoms with Gasteiger partial charge in [-0.1, -0.05) is 12.1 Å². The fourth-order valence-corrected chi connectivity index (χ4v) is 5.93. The van der Waals surface area contributed by atoms with Crippen LogP contribution >= 0.6 is 0 Å². The number of hydrogen-bond donors (Lipinski definition) is 2. The molecule has 1 fully saturated rings. The van der Waals surface area contributed by atoms with E-state index in [2.05, 4.69) is 15.6 Å². The average molecular weight is 488 g/mol. The number of esters is 1. The summed E-state index contributed by atoms with van der Waals surface area (Å²) in [7, 11) is -3.73. The van der Waals surface area contributed by atoms with Gasteiger partial charge in [0.2, 0.25) is 10.0 Å². The second kappa shape index (κ2) is 9.69. The molecule has 2 aromatic rings. The number of nitrogens with zero attached hydrogens (tertiary/aromatic N) is 3. The first-order valence-electron chi connectivity index (χ1n) is 11.3. The van der Waals surface area contributed by atoms with Gasteiger partial charge < -0.3 is 15.4 Å². The highest BCUT2D eigenvalue weighted by Crippen LogP contribution is 2.26. The van der Waals surface area contributed by atoms with Gasteiger partial charge >= 0.3 is 12.0 Å². The summed E-state index contributed by atoms with van der Waals surface area (Å²) in [6.07, 6.45) is 1.67. The Morgan fingerprint density at radius 3 is 2.68 bits per heavy atom. The Hall–Kier alpha value is -3.02. The molecule has 11 heteroatoms. The van der Waals surface area contributed by atoms with Crippen LogP contribution in [0.1, 0.15) is 19.4 Å². The third kappa shape index (κ3) is 4.77. The van der Waals surface area contributed by atoms with E-state index in [4.69, 9.17) is 4.74 Å². The molecule has 2 aliphatic rings. The van der Waals surface area contributed by atoms with E-state index in [0.717, 1.165) is 10.9 Å². The van der Waals surface area contributed by atoms with Gasteiger partial charge in [-0.2, -0.15) is 4.31 Å². The van der Waals surface area contributed by atoms with Crippen LogP contribution in [-0.2, 0) is 19.6 Å². The molecule has 0 spiro atoms. The number of amides is 2. The van der Waals surface area contributed by atoms with E-state index in [0.29, 0.717) is 36.4 Å². The van der Waals surface area contributed by atoms with E-state index in [-0.39, 0.29) is 30.6 Å². The molecule has 3 heterocycles. The number of carbonyl (C=O) groups excluding carboxylic acids is 2. The number of benzene rings is 1. The standard InChI is InChI=1S/C23H29N5O5S/c1-4-33-22(29)20-16(3)25-23(30)26-18(20)14-27-8-10-28(11-9-27)34(31,32)19-7-5-6-17-12-15(2)13-24-21(17)19/h5-7,12-13,16H,4,8-11,14H2,1-3H3,(H2,25,26,30). The van der Waals surface area contributed by atoms with E-state index in [1.807, 2.05) is 24.0 Å². The van der Waals surface area contributed by atoms with Crippen LogP contribution in [0.2, 0.25) is 0 Å². The maximum Gasteiger partial charge on any atom is 0.337 e. The molecule has 4 rings (SSSR count). The second-order valence-electron chi connectivity index (χ2n) is 8.45. The molecular weight excluding hydrogens is 458 g/mol. The first kappa shape index (κ1) is 24.1. The Balaban J connectivity index is 1.50. The lowest BCUT2D eigenvalue weighted by Gasteiger charge is -2.36. The molecule has 2 aliphatic heterocycles. The minimum Gasteiger partial charge on any atom is -0.463 e. The lowest BCUT2D eigenvalue weighted by atomic mass is 10.0. The lowest BCUT2D eigenvalue weighted by molar-refractivity contribution is -0.139. The maximum atomic E-state index is 13.4. The highest BCUT2D eigenvalue weighted by atomic mass is 32.2. The van der Waals surface area contributed by atoms with Gasteiger partial charge in [0.15, 0.2) is 0 Å². The van der Waals surface area contributed by atoms with Gasteiger partial charge in [-0.15, -0.1) is 0 Å². The molecule has 1 atom stereocenters. The predicted molar refractivity (Wildman–Crippen MR) is 126 cm³/mol. The number of aryl methyl sites for hydroxylation is 1. The molecule has 10 nitrogen and oxygen atoms in total. The zero-order chi connectivity index (χ0) is 24.5. The highest BCUT2D eigenvalue weighted by molar-refractivity contribution is 7.89. The maximum absolute atomic E-state index is 13.4. The zero-order valence-electron chi connectivity index (χ0n) is 19.5. The summed E-state index contributed by atoms with van der Waals surface area (Å²) in [6.45, 7) is 7.40. The molecule has 1 saturated heterocycles. The number of carbonyl (C=O) groups is 2. The van der Waals surface area contributed by atoms with Crippen LogP contribution in [0.15, 0.2) is 46.6 Å². The number of pyridine rings is 1. The molecule has 34 heavy (non-hydrogen) atoms. The number of rotatable bonds is 6. The van der Waals surface area contributed by atoms with Gasteiger partial charge in [-0.05, 0) is 38.5 Å². The van der Waals surface area contributed by atoms with Crippen LogP contribution in [0, 0.1) is 6.92 Å². The topological polar surface area (TPSA) is 121 Å². The average Bonchev–Trinajstić information content (AvgIpc) is 2.78. The Bertz CT molecular complexity index is 1250. The van der Waals surface area contributed by atoms with E-state index < -0.39 is 22.0 Å². The van der Waals surface area contributed by atoms with Crippen LogP contribution in [-0.4, -0.2) is 80.0 Å². The normalized spacial score (nSPS) is 20.2. The van der Waals surface area contributed by atoms with Crippen LogP contribution in [0.5, 0.6) is 0 Å². The Morgan fingerprint density at radius 1 is 1.24 bits per heavy atom. The summed E-state index contributed by atoms with van der Waals surface area (Å²) in [5.41, 5.74) is 2.30. The van der Waals surface area contributed by atoms with Crippen molar-refractivity contribution in [2.24, 2.45) is 0 Å². The number of fused-ring (bicyclic) bond motifs is 1. The molecule has 0 radical (unpaired) electrons. The van der Waals surface area contributed by atoms with Crippen LogP contribution < -0.4 is 10.6 Å². The number of piperazine rings is 1. The summed E-state index contributed by atoms with van der Waals surface area (Å²) < 4.78 is 33.4. The van der Waals surface area contributed by atoms with Crippen molar-refractivity contribution in [3.05, 3.63) is 47.3 Å². The van der Waals surface area contributed by atoms with Gasteiger partial charge in [0.25, 0.3) is 0 Å². The number of para-hydroxylation sites is 1. The zero-order valence-corrected chi connectivity index (χ0v) is 20.3. The summed E-state index contributed by atoms with van der Waals surface area (Å²) >= 11 is 0. The monoisotopic (exact) mass is 487 g/mol. The Kier molecular flexibility index (Phi) is 6.87. The molecule has 1 unspecified atom stereocenters. The van der Waals surface area contributed by atoms with Gasteiger partial charge in [-0.3, -0.25) is 9.88 Å². The van der Waals surface area contributed by atoms with Crippen molar-refractivity contribution >= 4 is 32.9 Å². The van der Waals surface area contributed by atoms with Crippen LogP contribution in [0.3, 0.4) is 0 Å². The minimum absolute atomic E-state index is 0.199. The molecule has 2 amide bonds. The van der Waals surface area contributed by atoms with Crippen molar-refractivity contribution in [1.29, 1.82) is 0 Å². The van der Waals surface area contributed by atoms with Crippen molar-refractivity contribution in [1.82, 2.24) is 24.8 Å². The summed E-state index contributed by atoms with van der Waals surface area (Å²) in [5, 5.41) is 6.19. The van der Waals surface area contributed by atoms with Crippen molar-refractivity contribution in [2.75, 3.05) is 39.3 Å². The Morgan fingerprint density at radius 2 is 1.97 bits per heavy atom. The molecular formula is C23H29N5O5S. The third-order valence-corrected chi connectivity index (χ3v) is 7.94. The lowest BCUT2D eigenvalue weighted by Crippen LogP contribution is -2.54. The number of ether oxygens (including phenoxy) is 1. The second-order valence-corrected chi connectivity index (χ2v) is 10.4. The number of hydrogen-bond acceptors (Lipinski definition) is 7. The predicted octanol–water partition coefficient (Wildman–Crippen LogP) is 1.37. The van der Waals surface area contributed by atoms with Crippen LogP contribution in [0.4, 0.5) is 4.79 Å². The van der Waals surface area contributed by atoms with Gasteiger partial charge in [0, 0.05) is 50.0 Å². The number of nitrogens with one attached hydrogen (secondary N) is 2. The summed E-state index contributed by atoms with van der Waals surface area (Å²) in [6, 6.07) is 6.24. The van der Waals surface area contributed by atoms with E-state index in [1.54, 1.807) is 32.2 Å². The van der Waals surface area contributed by atoms with Crippen molar-refractivity contribution in [3.8, 4) is 0 Å². The summed E-state index contributed by atoms with van der Waals surface area (Å²) in [4.78, 5) is 31.0. The van der Waals surface area contributed by atoms with Gasteiger partial charge in [-0.25, -0.2) is 18.0 Å². The largest absolute Gasteiger partial charge is 0.463 e. The van der Waals surface area contributed by atoms with Gasteiger partial charge in [0.05, 0.1) is 23.7 Å². The number of aromatic nitrogens is 1. The molecule has 2 N–H and O–H groups in total. The molecule has 1 aromatic carbocycles.